The summed E-state index contributed by atoms with van der Waals surface area (Å²) in [5.74, 6) is -2.94. The molecular formula is C30H35ClFNO7S. The maximum Gasteiger partial charge on any atom is 0.241 e. The summed E-state index contributed by atoms with van der Waals surface area (Å²) in [5.41, 5.74) is -5.26. The molecule has 4 aliphatic carbocycles. The molecular weight excluding hydrogens is 573 g/mol. The van der Waals surface area contributed by atoms with Gasteiger partial charge in [-0.25, -0.2) is 17.5 Å². The lowest BCUT2D eigenvalue weighted by Gasteiger charge is -2.62. The number of fused-ring (bicyclic) bond motifs is 7. The highest BCUT2D eigenvalue weighted by Gasteiger charge is 2.80. The second kappa shape index (κ2) is 9.03. The third-order valence-corrected chi connectivity index (χ3v) is 12.2. The molecule has 0 spiro atoms. The Morgan fingerprint density at radius 3 is 2.66 bits per heavy atom. The Morgan fingerprint density at radius 1 is 1.22 bits per heavy atom. The highest BCUT2D eigenvalue weighted by Crippen LogP contribution is 2.72. The standard InChI is InChI=1S/C30H35ClFNO7S/c1-26(2)39-25-14-22-21-9-8-17-12-19(34)10-11-27(17,3)29(21,32)23(35)15-28(22,4)30(25,40-26)24(36)16-33-41(37,38)20-7-5-6-18(31)13-20/h5-7,10-13,21-23,25,33,35H,8-9,14-16H2,1-4H3/t21?,22?,23-,25+,27?,28?,29-,30+/m0/s1. The molecule has 8 atom stereocenters. The topological polar surface area (TPSA) is 119 Å². The van der Waals surface area contributed by atoms with Gasteiger partial charge in [0.15, 0.2) is 28.6 Å². The minimum absolute atomic E-state index is 0.0834. The average Bonchev–Trinajstić information content (AvgIpc) is 3.30. The number of ether oxygens (including phenoxy) is 2. The highest BCUT2D eigenvalue weighted by atomic mass is 35.5. The van der Waals surface area contributed by atoms with E-state index in [1.165, 1.54) is 30.4 Å². The first-order chi connectivity index (χ1) is 19.0. The van der Waals surface area contributed by atoms with E-state index in [9.17, 15) is 23.1 Å². The molecule has 1 aromatic carbocycles. The molecule has 0 radical (unpaired) electrons. The molecule has 0 bridgehead atoms. The van der Waals surface area contributed by atoms with E-state index in [4.69, 9.17) is 21.1 Å². The van der Waals surface area contributed by atoms with Gasteiger partial charge in [0.25, 0.3) is 0 Å². The molecule has 0 aromatic heterocycles. The Balaban J connectivity index is 1.37. The summed E-state index contributed by atoms with van der Waals surface area (Å²) in [6.07, 6.45) is 3.28. The molecule has 1 saturated heterocycles. The minimum Gasteiger partial charge on any atom is -0.390 e. The van der Waals surface area contributed by atoms with Crippen molar-refractivity contribution in [2.75, 3.05) is 6.54 Å². The van der Waals surface area contributed by atoms with Gasteiger partial charge in [0.1, 0.15) is 0 Å². The zero-order valence-corrected chi connectivity index (χ0v) is 25.0. The molecule has 0 amide bonds. The number of aliphatic hydroxyl groups excluding tert-OH is 1. The van der Waals surface area contributed by atoms with Crippen LogP contribution in [0, 0.1) is 22.7 Å². The number of alkyl halides is 1. The van der Waals surface area contributed by atoms with Crippen molar-refractivity contribution in [3.8, 4) is 0 Å². The average molecular weight is 608 g/mol. The van der Waals surface area contributed by atoms with E-state index in [-0.39, 0.29) is 22.1 Å². The number of allylic oxidation sites excluding steroid dienone is 4. The Hall–Kier alpha value is -1.95. The first-order valence-corrected chi connectivity index (χ1v) is 15.8. The number of rotatable bonds is 5. The first-order valence-electron chi connectivity index (χ1n) is 14.0. The predicted molar refractivity (Wildman–Crippen MR) is 148 cm³/mol. The number of hydrogen-bond acceptors (Lipinski definition) is 7. The van der Waals surface area contributed by atoms with Crippen molar-refractivity contribution in [3.05, 3.63) is 53.1 Å². The molecule has 41 heavy (non-hydrogen) atoms. The van der Waals surface area contributed by atoms with Crippen LogP contribution >= 0.6 is 11.6 Å². The van der Waals surface area contributed by atoms with Gasteiger partial charge in [0.2, 0.25) is 10.0 Å². The van der Waals surface area contributed by atoms with Gasteiger partial charge in [-0.2, -0.15) is 0 Å². The van der Waals surface area contributed by atoms with Crippen LogP contribution in [0.15, 0.2) is 53.0 Å². The van der Waals surface area contributed by atoms with Gasteiger partial charge < -0.3 is 14.6 Å². The minimum atomic E-state index is -4.09. The van der Waals surface area contributed by atoms with Crippen LogP contribution in [0.2, 0.25) is 5.02 Å². The SMILES string of the molecule is CC1(C)O[C@@H]2CC3C4CCC5=CC(=O)C=CC5(C)[C@@]4(F)[C@@H](O)CC3(C)[C@]2(C(=O)CNS(=O)(=O)c2cccc(Cl)c2)O1. The highest BCUT2D eigenvalue weighted by molar-refractivity contribution is 7.89. The van der Waals surface area contributed by atoms with E-state index in [0.717, 1.165) is 0 Å². The van der Waals surface area contributed by atoms with Crippen molar-refractivity contribution in [3.63, 3.8) is 0 Å². The number of nitrogens with one attached hydrogen (secondary N) is 1. The van der Waals surface area contributed by atoms with Crippen LogP contribution in [0.25, 0.3) is 0 Å². The van der Waals surface area contributed by atoms with Crippen LogP contribution in [0.4, 0.5) is 4.39 Å². The van der Waals surface area contributed by atoms with Gasteiger partial charge in [-0.05, 0) is 82.7 Å². The monoisotopic (exact) mass is 607 g/mol. The summed E-state index contributed by atoms with van der Waals surface area (Å²) in [7, 11) is -4.09. The first kappa shape index (κ1) is 29.1. The molecule has 2 N–H and O–H groups in total. The molecule has 222 valence electrons. The molecule has 11 heteroatoms. The Kier molecular flexibility index (Phi) is 6.42. The number of benzene rings is 1. The molecule has 4 unspecified atom stereocenters. The zero-order valence-electron chi connectivity index (χ0n) is 23.4. The fourth-order valence-electron chi connectivity index (χ4n) is 8.82. The van der Waals surface area contributed by atoms with Gasteiger partial charge in [-0.1, -0.05) is 36.2 Å². The largest absolute Gasteiger partial charge is 0.390 e. The maximum absolute atomic E-state index is 17.5. The third-order valence-electron chi connectivity index (χ3n) is 10.6. The Morgan fingerprint density at radius 2 is 1.95 bits per heavy atom. The van der Waals surface area contributed by atoms with Gasteiger partial charge >= 0.3 is 0 Å². The van der Waals surface area contributed by atoms with E-state index >= 15 is 4.39 Å². The Bertz CT molecular complexity index is 1510. The van der Waals surface area contributed by atoms with Gasteiger partial charge in [-0.3, -0.25) is 9.59 Å². The van der Waals surface area contributed by atoms with Crippen LogP contribution in [-0.2, 0) is 29.1 Å². The number of ketones is 2. The van der Waals surface area contributed by atoms with E-state index in [1.54, 1.807) is 32.9 Å². The number of Topliss-reactive ketones (excluding diaryl/α,β-unsaturated/α-hetero) is 1. The van der Waals surface area contributed by atoms with Gasteiger partial charge in [0.05, 0.1) is 23.6 Å². The normalized spacial score (nSPS) is 42.6. The van der Waals surface area contributed by atoms with Crippen molar-refractivity contribution in [1.29, 1.82) is 0 Å². The molecule has 4 fully saturated rings. The lowest BCUT2D eigenvalue weighted by Crippen LogP contribution is -2.70. The van der Waals surface area contributed by atoms with Crippen LogP contribution < -0.4 is 4.72 Å². The van der Waals surface area contributed by atoms with Crippen LogP contribution in [-0.4, -0.2) is 60.9 Å². The summed E-state index contributed by atoms with van der Waals surface area (Å²) >= 11 is 5.98. The number of halogens is 2. The van der Waals surface area contributed by atoms with E-state index in [2.05, 4.69) is 4.72 Å². The smallest absolute Gasteiger partial charge is 0.241 e. The van der Waals surface area contributed by atoms with E-state index in [0.29, 0.717) is 24.8 Å². The molecule has 6 rings (SSSR count). The van der Waals surface area contributed by atoms with Crippen molar-refractivity contribution in [2.45, 2.75) is 87.5 Å². The van der Waals surface area contributed by atoms with Crippen LogP contribution in [0.5, 0.6) is 0 Å². The number of carbonyl (C=O) groups is 2. The summed E-state index contributed by atoms with van der Waals surface area (Å²) < 4.78 is 58.7. The lowest BCUT2D eigenvalue weighted by atomic mass is 9.44. The van der Waals surface area contributed by atoms with Crippen molar-refractivity contribution in [2.24, 2.45) is 22.7 Å². The van der Waals surface area contributed by atoms with Gasteiger partial charge in [-0.15, -0.1) is 0 Å². The zero-order chi connectivity index (χ0) is 29.8. The molecule has 1 heterocycles. The van der Waals surface area contributed by atoms with Gasteiger partial charge in [0, 0.05) is 21.8 Å². The van der Waals surface area contributed by atoms with Crippen LogP contribution in [0.1, 0.15) is 53.4 Å². The number of aliphatic hydroxyl groups is 1. The fourth-order valence-corrected chi connectivity index (χ4v) is 10.1. The molecule has 3 saturated carbocycles. The quantitative estimate of drug-likeness (QED) is 0.518. The molecule has 8 nitrogen and oxygen atoms in total. The van der Waals surface area contributed by atoms with E-state index < -0.39 is 74.3 Å². The second-order valence-electron chi connectivity index (χ2n) is 13.0. The number of carbonyl (C=O) groups excluding carboxylic acids is 2. The fraction of sp³-hybridized carbons (Fsp3) is 0.600. The molecule has 5 aliphatic rings. The summed E-state index contributed by atoms with van der Waals surface area (Å²) in [5, 5.41) is 11.9. The van der Waals surface area contributed by atoms with E-state index in [1.807, 2.05) is 6.92 Å². The molecule has 1 aromatic rings. The summed E-state index contributed by atoms with van der Waals surface area (Å²) in [4.78, 5) is 26.3. The summed E-state index contributed by atoms with van der Waals surface area (Å²) in [6, 6.07) is 5.72. The number of sulfonamides is 1. The van der Waals surface area contributed by atoms with Crippen molar-refractivity contribution < 1.29 is 37.0 Å². The van der Waals surface area contributed by atoms with Crippen LogP contribution in [0.3, 0.4) is 0 Å². The lowest BCUT2D eigenvalue weighted by molar-refractivity contribution is -0.245. The second-order valence-corrected chi connectivity index (χ2v) is 15.3. The predicted octanol–water partition coefficient (Wildman–Crippen LogP) is 4.06. The third kappa shape index (κ3) is 3.87. The van der Waals surface area contributed by atoms with Crippen molar-refractivity contribution >= 4 is 33.2 Å². The maximum atomic E-state index is 17.5. The summed E-state index contributed by atoms with van der Waals surface area (Å²) in [6.45, 7) is 6.37. The molecule has 1 aliphatic heterocycles. The number of hydrogen-bond donors (Lipinski definition) is 2. The Labute approximate surface area is 244 Å². The van der Waals surface area contributed by atoms with Crippen molar-refractivity contribution in [1.82, 2.24) is 4.72 Å².